The van der Waals surface area contributed by atoms with Crippen LogP contribution in [0, 0.1) is 0 Å². The summed E-state index contributed by atoms with van der Waals surface area (Å²) in [5.41, 5.74) is 2.49. The number of rotatable bonds is 5. The third-order valence-electron chi connectivity index (χ3n) is 4.17. The van der Waals surface area contributed by atoms with Gasteiger partial charge in [0.05, 0.1) is 0 Å². The van der Waals surface area contributed by atoms with Crippen molar-refractivity contribution in [2.75, 3.05) is 32.3 Å². The molecule has 0 heterocycles. The van der Waals surface area contributed by atoms with Gasteiger partial charge in [0.25, 0.3) is 0 Å². The number of hydrogen-bond donors (Lipinski definition) is 2. The Bertz CT molecular complexity index is 501. The monoisotopic (exact) mass is 320 g/mol. The smallest absolute Gasteiger partial charge is 0.191 e. The van der Waals surface area contributed by atoms with Crippen LogP contribution in [0.25, 0.3) is 0 Å². The van der Waals surface area contributed by atoms with Crippen LogP contribution in [0.2, 0.25) is 0 Å². The van der Waals surface area contributed by atoms with Gasteiger partial charge in [-0.05, 0) is 43.2 Å². The van der Waals surface area contributed by atoms with Gasteiger partial charge in [0.2, 0.25) is 0 Å². The maximum atomic E-state index is 4.35. The van der Waals surface area contributed by atoms with E-state index in [1.165, 1.54) is 30.5 Å². The van der Waals surface area contributed by atoms with E-state index in [2.05, 4.69) is 65.1 Å². The van der Waals surface area contributed by atoms with Crippen molar-refractivity contribution >= 4 is 23.4 Å². The lowest BCUT2D eigenvalue weighted by Crippen LogP contribution is -2.42. The van der Waals surface area contributed by atoms with E-state index in [1.807, 2.05) is 18.8 Å². The summed E-state index contributed by atoms with van der Waals surface area (Å²) in [5, 5.41) is 7.78. The summed E-state index contributed by atoms with van der Waals surface area (Å²) in [6, 6.07) is 9.13. The SMILES string of the molecule is CN=C(NCc1cccc(N(C)C)c1)NC1CCC(SC)C1. The third kappa shape index (κ3) is 4.83. The van der Waals surface area contributed by atoms with Crippen LogP contribution in [-0.4, -0.2) is 44.7 Å². The molecular formula is C17H28N4S. The van der Waals surface area contributed by atoms with Gasteiger partial charge >= 0.3 is 0 Å². The second-order valence-electron chi connectivity index (χ2n) is 6.00. The Morgan fingerprint density at radius 1 is 1.36 bits per heavy atom. The highest BCUT2D eigenvalue weighted by Crippen LogP contribution is 2.28. The number of thioether (sulfide) groups is 1. The van der Waals surface area contributed by atoms with Crippen LogP contribution in [0.5, 0.6) is 0 Å². The van der Waals surface area contributed by atoms with E-state index in [4.69, 9.17) is 0 Å². The van der Waals surface area contributed by atoms with E-state index in [0.29, 0.717) is 6.04 Å². The van der Waals surface area contributed by atoms with Gasteiger partial charge < -0.3 is 15.5 Å². The van der Waals surface area contributed by atoms with Crippen molar-refractivity contribution < 1.29 is 0 Å². The average Bonchev–Trinajstić information content (AvgIpc) is 2.99. The van der Waals surface area contributed by atoms with Gasteiger partial charge in [-0.15, -0.1) is 0 Å². The van der Waals surface area contributed by atoms with Crippen LogP contribution in [-0.2, 0) is 6.54 Å². The first-order valence-electron chi connectivity index (χ1n) is 7.88. The van der Waals surface area contributed by atoms with Crippen LogP contribution < -0.4 is 15.5 Å². The Morgan fingerprint density at radius 3 is 2.82 bits per heavy atom. The van der Waals surface area contributed by atoms with E-state index in [9.17, 15) is 0 Å². The third-order valence-corrected chi connectivity index (χ3v) is 5.26. The molecule has 2 rings (SSSR count). The van der Waals surface area contributed by atoms with Crippen molar-refractivity contribution in [3.63, 3.8) is 0 Å². The molecule has 0 amide bonds. The van der Waals surface area contributed by atoms with E-state index < -0.39 is 0 Å². The molecule has 22 heavy (non-hydrogen) atoms. The molecule has 0 spiro atoms. The Hall–Kier alpha value is -1.36. The van der Waals surface area contributed by atoms with E-state index in [-0.39, 0.29) is 0 Å². The Morgan fingerprint density at radius 2 is 2.18 bits per heavy atom. The summed E-state index contributed by atoms with van der Waals surface area (Å²) in [6.07, 6.45) is 5.98. The molecule has 0 bridgehead atoms. The van der Waals surface area contributed by atoms with Crippen LogP contribution in [0.15, 0.2) is 29.3 Å². The second-order valence-corrected chi connectivity index (χ2v) is 7.14. The summed E-state index contributed by atoms with van der Waals surface area (Å²) in [4.78, 5) is 6.47. The molecule has 2 N–H and O–H groups in total. The lowest BCUT2D eigenvalue weighted by Gasteiger charge is -2.18. The minimum absolute atomic E-state index is 0.553. The quantitative estimate of drug-likeness (QED) is 0.646. The van der Waals surface area contributed by atoms with Crippen molar-refractivity contribution in [2.45, 2.75) is 37.1 Å². The minimum atomic E-state index is 0.553. The molecule has 0 aromatic heterocycles. The zero-order valence-electron chi connectivity index (χ0n) is 14.1. The predicted octanol–water partition coefficient (Wildman–Crippen LogP) is 2.70. The van der Waals surface area contributed by atoms with Crippen LogP contribution in [0.3, 0.4) is 0 Å². The number of guanidine groups is 1. The molecule has 1 aromatic carbocycles. The molecular weight excluding hydrogens is 292 g/mol. The summed E-state index contributed by atoms with van der Waals surface area (Å²) in [5.74, 6) is 0.905. The fourth-order valence-electron chi connectivity index (χ4n) is 2.80. The Balaban J connectivity index is 1.85. The number of benzene rings is 1. The standard InChI is InChI=1S/C17H28N4S/c1-18-17(20-14-8-9-16(11-14)22-4)19-12-13-6-5-7-15(10-13)21(2)3/h5-7,10,14,16H,8-9,11-12H2,1-4H3,(H2,18,19,20). The number of nitrogens with zero attached hydrogens (tertiary/aromatic N) is 2. The molecule has 0 aliphatic heterocycles. The van der Waals surface area contributed by atoms with Crippen molar-refractivity contribution in [3.05, 3.63) is 29.8 Å². The van der Waals surface area contributed by atoms with Crippen LogP contribution >= 0.6 is 11.8 Å². The highest BCUT2D eigenvalue weighted by molar-refractivity contribution is 7.99. The second kappa shape index (κ2) is 8.32. The summed E-state index contributed by atoms with van der Waals surface area (Å²) < 4.78 is 0. The van der Waals surface area contributed by atoms with Gasteiger partial charge in [-0.2, -0.15) is 11.8 Å². The van der Waals surface area contributed by atoms with Gasteiger partial charge in [0.1, 0.15) is 0 Å². The van der Waals surface area contributed by atoms with E-state index >= 15 is 0 Å². The van der Waals surface area contributed by atoms with Gasteiger partial charge in [-0.25, -0.2) is 0 Å². The number of aliphatic imine (C=N–C) groups is 1. The topological polar surface area (TPSA) is 39.7 Å². The largest absolute Gasteiger partial charge is 0.378 e. The highest BCUT2D eigenvalue weighted by atomic mass is 32.2. The molecule has 2 unspecified atom stereocenters. The van der Waals surface area contributed by atoms with Gasteiger partial charge in [0.15, 0.2) is 5.96 Å². The van der Waals surface area contributed by atoms with E-state index in [1.54, 1.807) is 0 Å². The number of nitrogens with one attached hydrogen (secondary N) is 2. The minimum Gasteiger partial charge on any atom is -0.378 e. The lowest BCUT2D eigenvalue weighted by molar-refractivity contribution is 0.614. The first kappa shape index (κ1) is 17.0. The van der Waals surface area contributed by atoms with Gasteiger partial charge in [-0.1, -0.05) is 12.1 Å². The first-order valence-corrected chi connectivity index (χ1v) is 9.17. The zero-order chi connectivity index (χ0) is 15.9. The Labute approximate surface area is 138 Å². The van der Waals surface area contributed by atoms with E-state index in [0.717, 1.165) is 17.8 Å². The van der Waals surface area contributed by atoms with Crippen molar-refractivity contribution in [1.82, 2.24) is 10.6 Å². The Kier molecular flexibility index (Phi) is 6.43. The van der Waals surface area contributed by atoms with Crippen LogP contribution in [0.4, 0.5) is 5.69 Å². The highest BCUT2D eigenvalue weighted by Gasteiger charge is 2.24. The first-order chi connectivity index (χ1) is 10.6. The fourth-order valence-corrected chi connectivity index (χ4v) is 3.60. The number of hydrogen-bond acceptors (Lipinski definition) is 3. The maximum Gasteiger partial charge on any atom is 0.191 e. The summed E-state index contributed by atoms with van der Waals surface area (Å²) in [6.45, 7) is 0.792. The zero-order valence-corrected chi connectivity index (χ0v) is 14.9. The molecule has 0 radical (unpaired) electrons. The molecule has 1 fully saturated rings. The molecule has 5 heteroatoms. The fraction of sp³-hybridized carbons (Fsp3) is 0.588. The molecule has 1 aliphatic rings. The lowest BCUT2D eigenvalue weighted by atomic mass is 10.2. The number of anilines is 1. The molecule has 4 nitrogen and oxygen atoms in total. The molecule has 1 aromatic rings. The maximum absolute atomic E-state index is 4.35. The van der Waals surface area contributed by atoms with Gasteiger partial charge in [-0.3, -0.25) is 4.99 Å². The predicted molar refractivity (Wildman–Crippen MR) is 99.0 cm³/mol. The normalized spacial score (nSPS) is 21.7. The molecule has 1 saturated carbocycles. The van der Waals surface area contributed by atoms with Gasteiger partial charge in [0, 0.05) is 44.7 Å². The van der Waals surface area contributed by atoms with Crippen molar-refractivity contribution in [1.29, 1.82) is 0 Å². The molecule has 122 valence electrons. The molecule has 2 atom stereocenters. The summed E-state index contributed by atoms with van der Waals surface area (Å²) in [7, 11) is 5.97. The summed E-state index contributed by atoms with van der Waals surface area (Å²) >= 11 is 1.98. The molecule has 0 saturated heterocycles. The van der Waals surface area contributed by atoms with Crippen molar-refractivity contribution in [2.24, 2.45) is 4.99 Å². The van der Waals surface area contributed by atoms with Crippen LogP contribution in [0.1, 0.15) is 24.8 Å². The van der Waals surface area contributed by atoms with Crippen molar-refractivity contribution in [3.8, 4) is 0 Å². The average molecular weight is 321 g/mol. The molecule has 1 aliphatic carbocycles.